The van der Waals surface area contributed by atoms with Crippen LogP contribution in [0.2, 0.25) is 0 Å². The molecule has 4 rings (SSSR count). The van der Waals surface area contributed by atoms with Crippen LogP contribution >= 0.6 is 0 Å². The van der Waals surface area contributed by atoms with Crippen molar-refractivity contribution >= 4 is 29.9 Å². The summed E-state index contributed by atoms with van der Waals surface area (Å²) < 4.78 is 1.91. The molecule has 1 saturated heterocycles. The Morgan fingerprint density at radius 3 is 2.45 bits per heavy atom. The lowest BCUT2D eigenvalue weighted by molar-refractivity contribution is -0.132. The Labute approximate surface area is 191 Å². The molecule has 2 N–H and O–H groups in total. The molecule has 172 valence electrons. The predicted molar refractivity (Wildman–Crippen MR) is 122 cm³/mol. The van der Waals surface area contributed by atoms with E-state index in [1.165, 1.54) is 11.0 Å². The molecule has 8 heteroatoms. The number of aryl methyl sites for hydroxylation is 1. The SMILES string of the molecule is Cc1c(C(=O)O)cccc1-n1c(C)cc(C=C2C(=O)NC(=O)N(C3CCCCC3)C2=O)c1C. The number of imide groups is 2. The second kappa shape index (κ2) is 8.69. The van der Waals surface area contributed by atoms with E-state index in [1.807, 2.05) is 30.5 Å². The smallest absolute Gasteiger partial charge is 0.336 e. The number of nitrogens with zero attached hydrogens (tertiary/aromatic N) is 2. The van der Waals surface area contributed by atoms with Crippen molar-refractivity contribution in [3.05, 3.63) is 57.9 Å². The molecule has 1 aliphatic heterocycles. The van der Waals surface area contributed by atoms with Crippen LogP contribution < -0.4 is 5.32 Å². The molecule has 1 saturated carbocycles. The van der Waals surface area contributed by atoms with E-state index in [2.05, 4.69) is 5.32 Å². The maximum Gasteiger partial charge on any atom is 0.336 e. The molecule has 1 aliphatic carbocycles. The molecule has 0 atom stereocenters. The van der Waals surface area contributed by atoms with Crippen LogP contribution in [0.5, 0.6) is 0 Å². The zero-order valence-corrected chi connectivity index (χ0v) is 19.0. The quantitative estimate of drug-likeness (QED) is 0.544. The number of hydrogen-bond donors (Lipinski definition) is 2. The number of hydrogen-bond acceptors (Lipinski definition) is 4. The number of barbiturate groups is 1. The van der Waals surface area contributed by atoms with Crippen molar-refractivity contribution < 1.29 is 24.3 Å². The van der Waals surface area contributed by atoms with Gasteiger partial charge in [-0.25, -0.2) is 9.59 Å². The first-order valence-corrected chi connectivity index (χ1v) is 11.1. The minimum Gasteiger partial charge on any atom is -0.478 e. The molecular weight excluding hydrogens is 422 g/mol. The van der Waals surface area contributed by atoms with E-state index >= 15 is 0 Å². The Bertz CT molecular complexity index is 1200. The number of urea groups is 1. The number of carboxylic acid groups (broad SMARTS) is 1. The third-order valence-corrected chi connectivity index (χ3v) is 6.62. The van der Waals surface area contributed by atoms with Crippen LogP contribution in [0, 0.1) is 20.8 Å². The first-order chi connectivity index (χ1) is 15.7. The molecular formula is C25H27N3O5. The predicted octanol–water partition coefficient (Wildman–Crippen LogP) is 3.90. The maximum absolute atomic E-state index is 13.2. The number of aromatic carboxylic acids is 1. The highest BCUT2D eigenvalue weighted by Gasteiger charge is 2.40. The van der Waals surface area contributed by atoms with Crippen molar-refractivity contribution in [2.45, 2.75) is 58.9 Å². The second-order valence-corrected chi connectivity index (χ2v) is 8.70. The molecule has 1 aromatic heterocycles. The van der Waals surface area contributed by atoms with E-state index in [0.717, 1.165) is 43.5 Å². The lowest BCUT2D eigenvalue weighted by atomic mass is 9.93. The second-order valence-electron chi connectivity index (χ2n) is 8.70. The van der Waals surface area contributed by atoms with Crippen LogP contribution in [0.1, 0.15) is 65.0 Å². The summed E-state index contributed by atoms with van der Waals surface area (Å²) in [6.45, 7) is 5.48. The number of carbonyl (C=O) groups excluding carboxylic acids is 3. The minimum atomic E-state index is -1.00. The van der Waals surface area contributed by atoms with Crippen LogP contribution in [-0.4, -0.2) is 44.4 Å². The van der Waals surface area contributed by atoms with Gasteiger partial charge in [0.15, 0.2) is 0 Å². The largest absolute Gasteiger partial charge is 0.478 e. The van der Waals surface area contributed by atoms with Crippen LogP contribution in [-0.2, 0) is 9.59 Å². The molecule has 2 aromatic rings. The fourth-order valence-electron chi connectivity index (χ4n) is 4.90. The molecule has 8 nitrogen and oxygen atoms in total. The van der Waals surface area contributed by atoms with Crippen molar-refractivity contribution in [2.75, 3.05) is 0 Å². The summed E-state index contributed by atoms with van der Waals surface area (Å²) in [5.41, 5.74) is 3.71. The standard InChI is InChI=1S/C25H27N3O5/c1-14-12-17(16(3)27(14)21-11-7-10-19(15(21)2)24(31)32)13-20-22(29)26-25(33)28(23(20)30)18-8-5-4-6-9-18/h7,10-13,18H,4-6,8-9H2,1-3H3,(H,31,32)(H,26,29,33). The Morgan fingerprint density at radius 2 is 1.79 bits per heavy atom. The average molecular weight is 450 g/mol. The van der Waals surface area contributed by atoms with Gasteiger partial charge in [0.05, 0.1) is 5.56 Å². The van der Waals surface area contributed by atoms with Gasteiger partial charge in [0, 0.05) is 23.1 Å². The number of amides is 4. The highest BCUT2D eigenvalue weighted by molar-refractivity contribution is 6.31. The molecule has 0 radical (unpaired) electrons. The monoisotopic (exact) mass is 449 g/mol. The lowest BCUT2D eigenvalue weighted by Gasteiger charge is -2.35. The van der Waals surface area contributed by atoms with E-state index in [0.29, 0.717) is 16.8 Å². The van der Waals surface area contributed by atoms with Gasteiger partial charge < -0.3 is 9.67 Å². The number of carboxylic acids is 1. The molecule has 33 heavy (non-hydrogen) atoms. The maximum atomic E-state index is 13.2. The van der Waals surface area contributed by atoms with Crippen LogP contribution in [0.25, 0.3) is 11.8 Å². The van der Waals surface area contributed by atoms with Crippen molar-refractivity contribution in [1.29, 1.82) is 0 Å². The van der Waals surface area contributed by atoms with Gasteiger partial charge in [0.1, 0.15) is 5.57 Å². The summed E-state index contributed by atoms with van der Waals surface area (Å²) in [6.07, 6.45) is 5.99. The summed E-state index contributed by atoms with van der Waals surface area (Å²) in [6, 6.07) is 6.07. The van der Waals surface area contributed by atoms with Gasteiger partial charge >= 0.3 is 12.0 Å². The molecule has 0 spiro atoms. The molecule has 2 fully saturated rings. The summed E-state index contributed by atoms with van der Waals surface area (Å²) in [5, 5.41) is 11.8. The van der Waals surface area contributed by atoms with E-state index in [9.17, 15) is 24.3 Å². The average Bonchev–Trinajstić information content (AvgIpc) is 3.04. The van der Waals surface area contributed by atoms with Gasteiger partial charge in [0.2, 0.25) is 0 Å². The number of rotatable bonds is 4. The summed E-state index contributed by atoms with van der Waals surface area (Å²) in [5.74, 6) is -2.27. The lowest BCUT2D eigenvalue weighted by Crippen LogP contribution is -2.58. The van der Waals surface area contributed by atoms with Crippen LogP contribution in [0.3, 0.4) is 0 Å². The number of benzene rings is 1. The molecule has 2 heterocycles. The zero-order chi connectivity index (χ0) is 23.9. The first kappa shape index (κ1) is 22.5. The van der Waals surface area contributed by atoms with Crippen LogP contribution in [0.4, 0.5) is 4.79 Å². The summed E-state index contributed by atoms with van der Waals surface area (Å²) in [4.78, 5) is 51.0. The first-order valence-electron chi connectivity index (χ1n) is 11.1. The van der Waals surface area contributed by atoms with E-state index in [4.69, 9.17) is 0 Å². The topological polar surface area (TPSA) is 109 Å². The molecule has 0 bridgehead atoms. The van der Waals surface area contributed by atoms with Crippen molar-refractivity contribution in [2.24, 2.45) is 0 Å². The molecule has 2 aliphatic rings. The number of nitrogens with one attached hydrogen (secondary N) is 1. The van der Waals surface area contributed by atoms with Gasteiger partial charge in [0.25, 0.3) is 11.8 Å². The van der Waals surface area contributed by atoms with Gasteiger partial charge in [-0.05, 0) is 69.0 Å². The van der Waals surface area contributed by atoms with E-state index < -0.39 is 23.8 Å². The number of aromatic nitrogens is 1. The minimum absolute atomic E-state index is 0.0727. The van der Waals surface area contributed by atoms with E-state index in [-0.39, 0.29) is 17.2 Å². The fourth-order valence-corrected chi connectivity index (χ4v) is 4.90. The van der Waals surface area contributed by atoms with Gasteiger partial charge in [-0.2, -0.15) is 0 Å². The van der Waals surface area contributed by atoms with E-state index in [1.54, 1.807) is 19.1 Å². The van der Waals surface area contributed by atoms with Crippen LogP contribution in [0.15, 0.2) is 29.8 Å². The summed E-state index contributed by atoms with van der Waals surface area (Å²) in [7, 11) is 0. The highest BCUT2D eigenvalue weighted by atomic mass is 16.4. The molecule has 0 unspecified atom stereocenters. The third-order valence-electron chi connectivity index (χ3n) is 6.62. The third kappa shape index (κ3) is 3.97. The fraction of sp³-hybridized carbons (Fsp3) is 0.360. The summed E-state index contributed by atoms with van der Waals surface area (Å²) >= 11 is 0. The van der Waals surface area contributed by atoms with Crippen molar-refractivity contribution in [3.63, 3.8) is 0 Å². The van der Waals surface area contributed by atoms with Gasteiger partial charge in [-0.15, -0.1) is 0 Å². The Kier molecular flexibility index (Phi) is 5.93. The van der Waals surface area contributed by atoms with Crippen molar-refractivity contribution in [1.82, 2.24) is 14.8 Å². The Hall–Kier alpha value is -3.68. The van der Waals surface area contributed by atoms with Crippen molar-refractivity contribution in [3.8, 4) is 5.69 Å². The van der Waals surface area contributed by atoms with Gasteiger partial charge in [-0.3, -0.25) is 19.8 Å². The Balaban J connectivity index is 1.75. The van der Waals surface area contributed by atoms with Gasteiger partial charge in [-0.1, -0.05) is 25.3 Å². The molecule has 4 amide bonds. The highest BCUT2D eigenvalue weighted by Crippen LogP contribution is 2.29. The number of carbonyl (C=O) groups is 4. The Morgan fingerprint density at radius 1 is 1.09 bits per heavy atom. The molecule has 1 aromatic carbocycles. The normalized spacial score (nSPS) is 18.7. The zero-order valence-electron chi connectivity index (χ0n) is 19.0.